The van der Waals surface area contributed by atoms with Gasteiger partial charge in [-0.05, 0) is 0 Å². The maximum atomic E-state index is 12.2. The SMILES string of the molecule is CN1CC(C(=O)N2CCOCC2CO)CC1=O. The van der Waals surface area contributed by atoms with E-state index in [-0.39, 0.29) is 36.8 Å². The Bertz CT molecular complexity index is 321. The Balaban J connectivity index is 2.01. The molecule has 0 saturated carbocycles. The molecule has 0 aromatic rings. The van der Waals surface area contributed by atoms with Gasteiger partial charge in [0.05, 0.1) is 31.8 Å². The molecule has 17 heavy (non-hydrogen) atoms. The van der Waals surface area contributed by atoms with E-state index in [0.29, 0.717) is 26.3 Å². The van der Waals surface area contributed by atoms with Gasteiger partial charge in [-0.15, -0.1) is 0 Å². The minimum atomic E-state index is -0.266. The van der Waals surface area contributed by atoms with Crippen molar-refractivity contribution in [1.29, 1.82) is 0 Å². The zero-order valence-corrected chi connectivity index (χ0v) is 9.96. The van der Waals surface area contributed by atoms with E-state index in [1.807, 2.05) is 0 Å². The molecule has 2 aliphatic heterocycles. The average molecular weight is 242 g/mol. The van der Waals surface area contributed by atoms with Gasteiger partial charge in [0.2, 0.25) is 11.8 Å². The molecule has 2 unspecified atom stereocenters. The predicted molar refractivity (Wildman–Crippen MR) is 59.1 cm³/mol. The average Bonchev–Trinajstić information content (AvgIpc) is 2.68. The smallest absolute Gasteiger partial charge is 0.228 e. The Morgan fingerprint density at radius 2 is 2.35 bits per heavy atom. The number of aliphatic hydroxyl groups excluding tert-OH is 1. The first-order valence-electron chi connectivity index (χ1n) is 5.86. The van der Waals surface area contributed by atoms with Crippen molar-refractivity contribution >= 4 is 11.8 Å². The molecular formula is C11H18N2O4. The van der Waals surface area contributed by atoms with Crippen LogP contribution in [0.2, 0.25) is 0 Å². The Hall–Kier alpha value is -1.14. The van der Waals surface area contributed by atoms with Crippen LogP contribution in [0.15, 0.2) is 0 Å². The van der Waals surface area contributed by atoms with E-state index < -0.39 is 0 Å². The summed E-state index contributed by atoms with van der Waals surface area (Å²) in [6.45, 7) is 1.76. The van der Waals surface area contributed by atoms with Gasteiger partial charge in [-0.3, -0.25) is 9.59 Å². The second-order valence-corrected chi connectivity index (χ2v) is 4.62. The number of likely N-dealkylation sites (tertiary alicyclic amines) is 1. The molecule has 0 spiro atoms. The fourth-order valence-electron chi connectivity index (χ4n) is 2.36. The minimum absolute atomic E-state index is 0.0113. The third-order valence-electron chi connectivity index (χ3n) is 3.41. The number of aliphatic hydroxyl groups is 1. The van der Waals surface area contributed by atoms with E-state index in [0.717, 1.165) is 0 Å². The van der Waals surface area contributed by atoms with Crippen molar-refractivity contribution in [2.24, 2.45) is 5.92 Å². The van der Waals surface area contributed by atoms with Crippen molar-refractivity contribution in [2.75, 3.05) is 40.0 Å². The summed E-state index contributed by atoms with van der Waals surface area (Å²) in [6.07, 6.45) is 0.283. The van der Waals surface area contributed by atoms with E-state index in [4.69, 9.17) is 4.74 Å². The number of ether oxygens (including phenoxy) is 1. The summed E-state index contributed by atoms with van der Waals surface area (Å²) in [6, 6.07) is -0.266. The first-order valence-corrected chi connectivity index (χ1v) is 5.86. The van der Waals surface area contributed by atoms with Crippen LogP contribution in [-0.2, 0) is 14.3 Å². The standard InChI is InChI=1S/C11H18N2O4/c1-12-5-8(4-10(12)15)11(16)13-2-3-17-7-9(13)6-14/h8-9,14H,2-7H2,1H3. The highest BCUT2D eigenvalue weighted by atomic mass is 16.5. The number of morpholine rings is 1. The topological polar surface area (TPSA) is 70.1 Å². The quantitative estimate of drug-likeness (QED) is 0.652. The number of carbonyl (C=O) groups is 2. The molecule has 6 nitrogen and oxygen atoms in total. The van der Waals surface area contributed by atoms with Crippen LogP contribution in [0.4, 0.5) is 0 Å². The van der Waals surface area contributed by atoms with Crippen molar-refractivity contribution < 1.29 is 19.4 Å². The fourth-order valence-corrected chi connectivity index (χ4v) is 2.36. The van der Waals surface area contributed by atoms with Gasteiger partial charge >= 0.3 is 0 Å². The second-order valence-electron chi connectivity index (χ2n) is 4.62. The Labute approximate surface area is 100 Å². The zero-order chi connectivity index (χ0) is 12.4. The number of carbonyl (C=O) groups excluding carboxylic acids is 2. The third-order valence-corrected chi connectivity index (χ3v) is 3.41. The number of nitrogens with zero attached hydrogens (tertiary/aromatic N) is 2. The van der Waals surface area contributed by atoms with Gasteiger partial charge < -0.3 is 19.6 Å². The minimum Gasteiger partial charge on any atom is -0.394 e. The van der Waals surface area contributed by atoms with Crippen LogP contribution in [0.5, 0.6) is 0 Å². The van der Waals surface area contributed by atoms with Crippen LogP contribution in [0, 0.1) is 5.92 Å². The maximum absolute atomic E-state index is 12.2. The lowest BCUT2D eigenvalue weighted by atomic mass is 10.1. The molecular weight excluding hydrogens is 224 g/mol. The zero-order valence-electron chi connectivity index (χ0n) is 9.96. The number of rotatable bonds is 2. The first-order chi connectivity index (χ1) is 8.13. The lowest BCUT2D eigenvalue weighted by Crippen LogP contribution is -2.52. The molecule has 2 fully saturated rings. The molecule has 0 aliphatic carbocycles. The lowest BCUT2D eigenvalue weighted by molar-refractivity contribution is -0.145. The van der Waals surface area contributed by atoms with Crippen LogP contribution in [0.25, 0.3) is 0 Å². The van der Waals surface area contributed by atoms with Crippen LogP contribution in [0.3, 0.4) is 0 Å². The molecule has 0 radical (unpaired) electrons. The highest BCUT2D eigenvalue weighted by Gasteiger charge is 2.37. The second kappa shape index (κ2) is 5.01. The van der Waals surface area contributed by atoms with Gasteiger partial charge in [0, 0.05) is 26.6 Å². The summed E-state index contributed by atoms with van der Waals surface area (Å²) >= 11 is 0. The predicted octanol–water partition coefficient (Wildman–Crippen LogP) is -1.32. The maximum Gasteiger partial charge on any atom is 0.228 e. The largest absolute Gasteiger partial charge is 0.394 e. The van der Waals surface area contributed by atoms with Crippen molar-refractivity contribution in [3.8, 4) is 0 Å². The molecule has 1 N–H and O–H groups in total. The molecule has 2 heterocycles. The molecule has 2 amide bonds. The van der Waals surface area contributed by atoms with Gasteiger partial charge in [-0.25, -0.2) is 0 Å². The normalized spacial score (nSPS) is 29.9. The van der Waals surface area contributed by atoms with Gasteiger partial charge in [0.1, 0.15) is 0 Å². The Morgan fingerprint density at radius 3 is 2.94 bits per heavy atom. The van der Waals surface area contributed by atoms with Crippen molar-refractivity contribution in [3.05, 3.63) is 0 Å². The number of hydrogen-bond donors (Lipinski definition) is 1. The molecule has 0 aromatic heterocycles. The molecule has 2 saturated heterocycles. The highest BCUT2D eigenvalue weighted by molar-refractivity contribution is 5.89. The number of amides is 2. The van der Waals surface area contributed by atoms with Crippen LogP contribution < -0.4 is 0 Å². The Kier molecular flexibility index (Phi) is 3.63. The van der Waals surface area contributed by atoms with E-state index in [2.05, 4.69) is 0 Å². The van der Waals surface area contributed by atoms with Crippen LogP contribution in [0.1, 0.15) is 6.42 Å². The van der Waals surface area contributed by atoms with Crippen LogP contribution in [-0.4, -0.2) is 72.7 Å². The molecule has 6 heteroatoms. The molecule has 0 bridgehead atoms. The van der Waals surface area contributed by atoms with E-state index in [1.54, 1.807) is 16.8 Å². The molecule has 96 valence electrons. The van der Waals surface area contributed by atoms with Crippen LogP contribution >= 0.6 is 0 Å². The summed E-state index contributed by atoms with van der Waals surface area (Å²) in [5.41, 5.74) is 0. The lowest BCUT2D eigenvalue weighted by Gasteiger charge is -2.35. The summed E-state index contributed by atoms with van der Waals surface area (Å²) in [5.74, 6) is -0.290. The van der Waals surface area contributed by atoms with Gasteiger partial charge in [-0.2, -0.15) is 0 Å². The summed E-state index contributed by atoms with van der Waals surface area (Å²) in [5, 5.41) is 9.21. The number of hydrogen-bond acceptors (Lipinski definition) is 4. The molecule has 2 aliphatic rings. The fraction of sp³-hybridized carbons (Fsp3) is 0.818. The molecule has 2 rings (SSSR count). The van der Waals surface area contributed by atoms with Crippen molar-refractivity contribution in [3.63, 3.8) is 0 Å². The Morgan fingerprint density at radius 1 is 1.59 bits per heavy atom. The highest BCUT2D eigenvalue weighted by Crippen LogP contribution is 2.20. The summed E-state index contributed by atoms with van der Waals surface area (Å²) < 4.78 is 5.23. The van der Waals surface area contributed by atoms with Gasteiger partial charge in [0.25, 0.3) is 0 Å². The monoisotopic (exact) mass is 242 g/mol. The summed E-state index contributed by atoms with van der Waals surface area (Å²) in [7, 11) is 1.71. The summed E-state index contributed by atoms with van der Waals surface area (Å²) in [4.78, 5) is 26.9. The van der Waals surface area contributed by atoms with Crippen molar-refractivity contribution in [2.45, 2.75) is 12.5 Å². The van der Waals surface area contributed by atoms with Gasteiger partial charge in [-0.1, -0.05) is 0 Å². The van der Waals surface area contributed by atoms with E-state index in [1.165, 1.54) is 0 Å². The molecule has 0 aromatic carbocycles. The van der Waals surface area contributed by atoms with E-state index >= 15 is 0 Å². The van der Waals surface area contributed by atoms with Gasteiger partial charge in [0.15, 0.2) is 0 Å². The van der Waals surface area contributed by atoms with E-state index in [9.17, 15) is 14.7 Å². The third kappa shape index (κ3) is 2.42. The molecule has 2 atom stereocenters. The first kappa shape index (κ1) is 12.3. The van der Waals surface area contributed by atoms with Crippen molar-refractivity contribution in [1.82, 2.24) is 9.80 Å².